The highest BCUT2D eigenvalue weighted by molar-refractivity contribution is 7.80. The van der Waals surface area contributed by atoms with Crippen molar-refractivity contribution in [2.24, 2.45) is 0 Å². The predicted molar refractivity (Wildman–Crippen MR) is 159 cm³/mol. The highest BCUT2D eigenvalue weighted by atomic mass is 32.1. The zero-order valence-electron chi connectivity index (χ0n) is 23.1. The van der Waals surface area contributed by atoms with Gasteiger partial charge in [-0.25, -0.2) is 4.98 Å². The molecule has 4 heterocycles. The van der Waals surface area contributed by atoms with Crippen LogP contribution in [0.4, 0.5) is 11.4 Å². The number of ether oxygens (including phenoxy) is 2. The fourth-order valence-corrected chi connectivity index (χ4v) is 5.64. The molecule has 1 fully saturated rings. The number of aryl methyl sites for hydroxylation is 2. The number of carbonyl (C=O) groups excluding carboxylic acids is 1. The topological polar surface area (TPSA) is 93.5 Å². The molecule has 2 N–H and O–H groups in total. The summed E-state index contributed by atoms with van der Waals surface area (Å²) in [7, 11) is 3.05. The Morgan fingerprint density at radius 2 is 1.88 bits per heavy atom. The lowest BCUT2D eigenvalue weighted by atomic mass is 9.96. The summed E-state index contributed by atoms with van der Waals surface area (Å²) in [4.78, 5) is 23.8. The molecule has 3 aromatic heterocycles. The quantitative estimate of drug-likeness (QED) is 0.294. The number of amides is 1. The number of anilines is 2. The monoisotopic (exact) mass is 556 g/mol. The molecule has 206 valence electrons. The molecule has 2 atom stereocenters. The van der Waals surface area contributed by atoms with Gasteiger partial charge in [-0.2, -0.15) is 0 Å². The minimum absolute atomic E-state index is 0.0690. The molecule has 0 bridgehead atoms. The third kappa shape index (κ3) is 5.15. The normalized spacial score (nSPS) is 16.6. The summed E-state index contributed by atoms with van der Waals surface area (Å²) < 4.78 is 12.7. The van der Waals surface area contributed by atoms with E-state index in [0.717, 1.165) is 39.7 Å². The van der Waals surface area contributed by atoms with Gasteiger partial charge in [-0.15, -0.1) is 0 Å². The van der Waals surface area contributed by atoms with Crippen molar-refractivity contribution < 1.29 is 14.3 Å². The Morgan fingerprint density at radius 3 is 2.58 bits per heavy atom. The van der Waals surface area contributed by atoms with Gasteiger partial charge >= 0.3 is 0 Å². The van der Waals surface area contributed by atoms with Crippen molar-refractivity contribution in [3.05, 3.63) is 95.2 Å². The van der Waals surface area contributed by atoms with E-state index in [1.54, 1.807) is 13.3 Å². The summed E-state index contributed by atoms with van der Waals surface area (Å²) in [5, 5.41) is 6.95. The van der Waals surface area contributed by atoms with Crippen molar-refractivity contribution >= 4 is 34.6 Å². The number of hydrogen-bond acceptors (Lipinski definition) is 6. The molecular formula is C30H32N6O3S. The van der Waals surface area contributed by atoms with Gasteiger partial charge in [0.2, 0.25) is 5.91 Å². The first-order valence-corrected chi connectivity index (χ1v) is 13.3. The summed E-state index contributed by atoms with van der Waals surface area (Å²) in [6.45, 7) is 6.18. The molecule has 1 aromatic carbocycles. The van der Waals surface area contributed by atoms with Gasteiger partial charge in [0.05, 0.1) is 30.6 Å². The Morgan fingerprint density at radius 1 is 1.05 bits per heavy atom. The van der Waals surface area contributed by atoms with Gasteiger partial charge in [-0.05, 0) is 92.6 Å². The summed E-state index contributed by atoms with van der Waals surface area (Å²) in [5.41, 5.74) is 6.54. The second-order valence-electron chi connectivity index (χ2n) is 9.72. The van der Waals surface area contributed by atoms with Gasteiger partial charge in [0, 0.05) is 36.6 Å². The summed E-state index contributed by atoms with van der Waals surface area (Å²) in [6.07, 6.45) is 3.62. The third-order valence-electron chi connectivity index (χ3n) is 7.03. The third-order valence-corrected chi connectivity index (χ3v) is 7.34. The molecule has 40 heavy (non-hydrogen) atoms. The van der Waals surface area contributed by atoms with E-state index in [0.29, 0.717) is 16.5 Å². The van der Waals surface area contributed by atoms with Crippen LogP contribution in [0.3, 0.4) is 0 Å². The number of thiocarbonyl (C=S) groups is 1. The van der Waals surface area contributed by atoms with Gasteiger partial charge in [-0.1, -0.05) is 6.07 Å². The van der Waals surface area contributed by atoms with Crippen molar-refractivity contribution in [3.63, 3.8) is 0 Å². The van der Waals surface area contributed by atoms with Gasteiger partial charge < -0.3 is 29.6 Å². The maximum Gasteiger partial charge on any atom is 0.250 e. The lowest BCUT2D eigenvalue weighted by molar-refractivity contribution is -0.119. The van der Waals surface area contributed by atoms with Crippen LogP contribution in [0.2, 0.25) is 0 Å². The number of pyridine rings is 2. The minimum atomic E-state index is -0.280. The van der Waals surface area contributed by atoms with Crippen LogP contribution in [0.25, 0.3) is 5.82 Å². The van der Waals surface area contributed by atoms with E-state index in [9.17, 15) is 4.79 Å². The van der Waals surface area contributed by atoms with Gasteiger partial charge in [0.15, 0.2) is 5.11 Å². The lowest BCUT2D eigenvalue weighted by Gasteiger charge is -2.29. The summed E-state index contributed by atoms with van der Waals surface area (Å²) in [5.74, 6) is 1.12. The standard InChI is InChI=1S/C30H32N6O3S/c1-18-11-13-32-26(14-18)35-19(2)15-22(20(35)3)29-28(23-8-6-7-12-31-23)34-30(40)36(29)21-9-10-25(39-5)24(16-21)33-27(37)17-38-4/h6-16,28-29H,17H2,1-5H3,(H,33,37)(H,34,40)/t28-,29+/m0/s1. The molecule has 1 aliphatic heterocycles. The van der Waals surface area contributed by atoms with Crippen LogP contribution in [0, 0.1) is 20.8 Å². The number of nitrogens with one attached hydrogen (secondary N) is 2. The Hall–Kier alpha value is -4.28. The van der Waals surface area contributed by atoms with Gasteiger partial charge in [0.1, 0.15) is 18.2 Å². The first kappa shape index (κ1) is 27.3. The van der Waals surface area contributed by atoms with Gasteiger partial charge in [-0.3, -0.25) is 9.78 Å². The molecule has 1 saturated heterocycles. The van der Waals surface area contributed by atoms with E-state index in [1.165, 1.54) is 7.11 Å². The maximum absolute atomic E-state index is 12.4. The van der Waals surface area contributed by atoms with Crippen molar-refractivity contribution in [2.45, 2.75) is 32.9 Å². The number of carbonyl (C=O) groups is 1. The van der Waals surface area contributed by atoms with Crippen LogP contribution >= 0.6 is 12.2 Å². The van der Waals surface area contributed by atoms with Crippen LogP contribution in [0.1, 0.15) is 40.3 Å². The number of nitrogens with zero attached hydrogens (tertiary/aromatic N) is 4. The number of methoxy groups -OCH3 is 2. The molecule has 9 nitrogen and oxygen atoms in total. The molecule has 5 rings (SSSR count). The average Bonchev–Trinajstić information content (AvgIpc) is 3.44. The van der Waals surface area contributed by atoms with Crippen molar-refractivity contribution in [1.82, 2.24) is 19.9 Å². The number of hydrogen-bond donors (Lipinski definition) is 2. The molecule has 0 radical (unpaired) electrons. The van der Waals surface area contributed by atoms with Gasteiger partial charge in [0.25, 0.3) is 0 Å². The Kier molecular flexibility index (Phi) is 7.81. The number of aromatic nitrogens is 3. The van der Waals surface area contributed by atoms with E-state index in [4.69, 9.17) is 21.7 Å². The fraction of sp³-hybridized carbons (Fsp3) is 0.267. The molecule has 0 spiro atoms. The molecule has 1 amide bonds. The highest BCUT2D eigenvalue weighted by Crippen LogP contribution is 2.45. The fourth-order valence-electron chi connectivity index (χ4n) is 5.29. The first-order valence-electron chi connectivity index (χ1n) is 12.9. The summed E-state index contributed by atoms with van der Waals surface area (Å²) >= 11 is 5.93. The lowest BCUT2D eigenvalue weighted by Crippen LogP contribution is -2.29. The predicted octanol–water partition coefficient (Wildman–Crippen LogP) is 4.96. The molecule has 0 aliphatic carbocycles. The van der Waals surface area contributed by atoms with Crippen LogP contribution < -0.4 is 20.3 Å². The van der Waals surface area contributed by atoms with Crippen molar-refractivity contribution in [3.8, 4) is 11.6 Å². The highest BCUT2D eigenvalue weighted by Gasteiger charge is 2.42. The molecule has 4 aromatic rings. The molecule has 0 saturated carbocycles. The van der Waals surface area contributed by atoms with Crippen LogP contribution in [0.5, 0.6) is 5.75 Å². The van der Waals surface area contributed by atoms with Crippen LogP contribution in [0.15, 0.2) is 67.0 Å². The number of rotatable bonds is 8. The minimum Gasteiger partial charge on any atom is -0.495 e. The SMILES string of the molecule is COCC(=O)Nc1cc(N2C(=S)N[C@@H](c3ccccn3)[C@H]2c2cc(C)n(-c3cc(C)ccn3)c2C)ccc1OC. The van der Waals surface area contributed by atoms with Crippen LogP contribution in [-0.4, -0.2) is 46.4 Å². The van der Waals surface area contributed by atoms with E-state index in [-0.39, 0.29) is 24.6 Å². The Balaban J connectivity index is 1.65. The van der Waals surface area contributed by atoms with E-state index >= 15 is 0 Å². The van der Waals surface area contributed by atoms with E-state index in [1.807, 2.05) is 48.7 Å². The Labute approximate surface area is 239 Å². The van der Waals surface area contributed by atoms with E-state index in [2.05, 4.69) is 63.0 Å². The van der Waals surface area contributed by atoms with Crippen LogP contribution in [-0.2, 0) is 9.53 Å². The average molecular weight is 557 g/mol. The summed E-state index contributed by atoms with van der Waals surface area (Å²) in [6, 6.07) is 17.3. The zero-order chi connectivity index (χ0) is 28.4. The van der Waals surface area contributed by atoms with Crippen molar-refractivity contribution in [1.29, 1.82) is 0 Å². The molecule has 10 heteroatoms. The van der Waals surface area contributed by atoms with Crippen molar-refractivity contribution in [2.75, 3.05) is 31.0 Å². The Bertz CT molecular complexity index is 1550. The number of benzene rings is 1. The second-order valence-corrected chi connectivity index (χ2v) is 10.1. The first-order chi connectivity index (χ1) is 19.3. The molecule has 1 aliphatic rings. The zero-order valence-corrected chi connectivity index (χ0v) is 24.0. The smallest absolute Gasteiger partial charge is 0.250 e. The molecule has 0 unspecified atom stereocenters. The largest absolute Gasteiger partial charge is 0.495 e. The molecular weight excluding hydrogens is 524 g/mol. The maximum atomic E-state index is 12.4. The van der Waals surface area contributed by atoms with E-state index < -0.39 is 0 Å². The second kappa shape index (κ2) is 11.4.